The molecule has 0 fully saturated rings. The van der Waals surface area contributed by atoms with Crippen LogP contribution in [-0.2, 0) is 14.3 Å². The Bertz CT molecular complexity index is 300. The largest absolute Gasteiger partial charge is 0.467 e. The molecule has 0 aliphatic rings. The molecule has 1 atom stereocenters. The Morgan fingerprint density at radius 1 is 1.21 bits per heavy atom. The highest BCUT2D eigenvalue weighted by atomic mass is 28.3. The van der Waals surface area contributed by atoms with Gasteiger partial charge in [-0.2, -0.15) is 0 Å². The van der Waals surface area contributed by atoms with E-state index >= 15 is 0 Å². The van der Waals surface area contributed by atoms with Crippen molar-refractivity contribution in [2.75, 3.05) is 13.7 Å². The molecule has 0 unspecified atom stereocenters. The number of nitrogens with one attached hydrogen (secondary N) is 1. The van der Waals surface area contributed by atoms with Crippen molar-refractivity contribution in [2.45, 2.75) is 52.0 Å². The Morgan fingerprint density at radius 2 is 1.79 bits per heavy atom. The number of alkyl carbamates (subject to hydrolysis) is 1. The quantitative estimate of drug-likeness (QED) is 0.578. The van der Waals surface area contributed by atoms with Gasteiger partial charge in [-0.15, -0.1) is 0 Å². The Hall–Kier alpha value is -1.04. The van der Waals surface area contributed by atoms with Crippen molar-refractivity contribution < 1.29 is 19.1 Å². The van der Waals surface area contributed by atoms with Crippen molar-refractivity contribution in [3.63, 3.8) is 0 Å². The summed E-state index contributed by atoms with van der Waals surface area (Å²) in [5.41, 5.74) is 0. The second-order valence-corrected chi connectivity index (χ2v) is 11.9. The molecule has 0 saturated carbocycles. The summed E-state index contributed by atoms with van der Waals surface area (Å²) >= 11 is 0. The zero-order chi connectivity index (χ0) is 15.1. The highest BCUT2D eigenvalue weighted by Gasteiger charge is 2.23. The summed E-state index contributed by atoms with van der Waals surface area (Å²) in [6.45, 7) is 11.0. The Kier molecular flexibility index (Phi) is 7.74. The van der Waals surface area contributed by atoms with E-state index in [1.807, 2.05) is 13.8 Å². The van der Waals surface area contributed by atoms with E-state index < -0.39 is 26.2 Å². The van der Waals surface area contributed by atoms with Crippen molar-refractivity contribution in [3.05, 3.63) is 0 Å². The first-order valence-electron chi connectivity index (χ1n) is 6.67. The van der Waals surface area contributed by atoms with Gasteiger partial charge >= 0.3 is 12.1 Å². The minimum atomic E-state index is -1.22. The van der Waals surface area contributed by atoms with Crippen molar-refractivity contribution >= 4 is 20.1 Å². The molecule has 0 aliphatic carbocycles. The van der Waals surface area contributed by atoms with Crippen LogP contribution in [0.5, 0.6) is 0 Å². The second kappa shape index (κ2) is 8.19. The molecule has 19 heavy (non-hydrogen) atoms. The van der Waals surface area contributed by atoms with Gasteiger partial charge in [-0.05, 0) is 18.4 Å². The van der Waals surface area contributed by atoms with E-state index in [1.165, 1.54) is 7.11 Å². The molecular formula is C13H27NO4Si. The van der Waals surface area contributed by atoms with E-state index in [9.17, 15) is 9.59 Å². The number of carbonyl (C=O) groups excluding carboxylic acids is 2. The fourth-order valence-electron chi connectivity index (χ4n) is 1.46. The topological polar surface area (TPSA) is 64.6 Å². The van der Waals surface area contributed by atoms with Crippen LogP contribution in [0.15, 0.2) is 0 Å². The van der Waals surface area contributed by atoms with Gasteiger partial charge < -0.3 is 14.8 Å². The number of carbonyl (C=O) groups is 2. The van der Waals surface area contributed by atoms with E-state index in [2.05, 4.69) is 29.7 Å². The van der Waals surface area contributed by atoms with Gasteiger partial charge in [0.05, 0.1) is 13.7 Å². The maximum absolute atomic E-state index is 11.6. The first-order chi connectivity index (χ1) is 8.65. The molecule has 112 valence electrons. The second-order valence-electron chi connectivity index (χ2n) is 6.30. The summed E-state index contributed by atoms with van der Waals surface area (Å²) in [6, 6.07) is 0.275. The van der Waals surface area contributed by atoms with E-state index in [1.54, 1.807) is 0 Å². The molecule has 0 aliphatic heterocycles. The number of hydrogen-bond donors (Lipinski definition) is 1. The molecule has 1 N–H and O–H groups in total. The van der Waals surface area contributed by atoms with Crippen molar-refractivity contribution in [1.29, 1.82) is 0 Å². The number of methoxy groups -OCH3 is 1. The monoisotopic (exact) mass is 289 g/mol. The molecule has 0 bridgehead atoms. The minimum absolute atomic E-state index is 0.284. The summed E-state index contributed by atoms with van der Waals surface area (Å²) in [4.78, 5) is 23.1. The minimum Gasteiger partial charge on any atom is -0.467 e. The number of ether oxygens (including phenoxy) is 2. The van der Waals surface area contributed by atoms with Gasteiger partial charge in [0.25, 0.3) is 0 Å². The molecule has 1 amide bonds. The normalized spacial score (nSPS) is 13.0. The lowest BCUT2D eigenvalue weighted by Crippen LogP contribution is -2.43. The van der Waals surface area contributed by atoms with Crippen LogP contribution in [0.3, 0.4) is 0 Å². The molecule has 0 spiro atoms. The average Bonchev–Trinajstić information content (AvgIpc) is 2.24. The van der Waals surface area contributed by atoms with E-state index in [4.69, 9.17) is 4.74 Å². The lowest BCUT2D eigenvalue weighted by Gasteiger charge is -2.19. The average molecular weight is 289 g/mol. The van der Waals surface area contributed by atoms with E-state index in [0.717, 1.165) is 6.04 Å². The third-order valence-corrected chi connectivity index (χ3v) is 4.27. The van der Waals surface area contributed by atoms with Gasteiger partial charge in [-0.1, -0.05) is 33.5 Å². The summed E-state index contributed by atoms with van der Waals surface area (Å²) in [5.74, 6) is -0.151. The zero-order valence-corrected chi connectivity index (χ0v) is 13.9. The van der Waals surface area contributed by atoms with Crippen LogP contribution < -0.4 is 5.32 Å². The summed E-state index contributed by atoms with van der Waals surface area (Å²) in [5, 5.41) is 2.57. The maximum Gasteiger partial charge on any atom is 0.407 e. The van der Waals surface area contributed by atoms with E-state index in [0.29, 0.717) is 13.0 Å². The number of rotatable bonds is 7. The van der Waals surface area contributed by atoms with Gasteiger partial charge in [0.15, 0.2) is 0 Å². The molecule has 0 saturated heterocycles. The predicted octanol–water partition coefficient (Wildman–Crippen LogP) is 2.64. The Morgan fingerprint density at radius 3 is 2.21 bits per heavy atom. The zero-order valence-electron chi connectivity index (χ0n) is 12.9. The van der Waals surface area contributed by atoms with Crippen LogP contribution in [0.2, 0.25) is 25.7 Å². The summed E-state index contributed by atoms with van der Waals surface area (Å²) < 4.78 is 9.77. The third kappa shape index (κ3) is 9.52. The smallest absolute Gasteiger partial charge is 0.407 e. The van der Waals surface area contributed by atoms with Crippen molar-refractivity contribution in [3.8, 4) is 0 Å². The summed E-state index contributed by atoms with van der Waals surface area (Å²) in [7, 11) is 0.0979. The Balaban J connectivity index is 4.20. The standard InChI is InChI=1S/C13H27NO4Si/c1-10(2)9-11(12(15)17-3)14-13(16)18-7-8-19(4,5)6/h10-11H,7-9H2,1-6H3,(H,14,16)/t11-/m0/s1. The van der Waals surface area contributed by atoms with Crippen LogP contribution in [0.1, 0.15) is 20.3 Å². The van der Waals surface area contributed by atoms with Crippen LogP contribution in [0.4, 0.5) is 4.79 Å². The lowest BCUT2D eigenvalue weighted by molar-refractivity contribution is -0.143. The lowest BCUT2D eigenvalue weighted by atomic mass is 10.0. The fourth-order valence-corrected chi connectivity index (χ4v) is 2.18. The predicted molar refractivity (Wildman–Crippen MR) is 77.9 cm³/mol. The molecule has 0 heterocycles. The van der Waals surface area contributed by atoms with Gasteiger partial charge in [0.2, 0.25) is 0 Å². The van der Waals surface area contributed by atoms with Gasteiger partial charge in [-0.25, -0.2) is 9.59 Å². The SMILES string of the molecule is COC(=O)[C@H](CC(C)C)NC(=O)OCC[Si](C)(C)C. The highest BCUT2D eigenvalue weighted by molar-refractivity contribution is 6.76. The molecule has 0 radical (unpaired) electrons. The van der Waals surface area contributed by atoms with Crippen LogP contribution in [0.25, 0.3) is 0 Å². The van der Waals surface area contributed by atoms with Gasteiger partial charge in [0, 0.05) is 8.07 Å². The summed E-state index contributed by atoms with van der Waals surface area (Å²) in [6.07, 6.45) is -0.00945. The molecule has 0 aromatic carbocycles. The molecular weight excluding hydrogens is 262 g/mol. The Labute approximate surface area is 117 Å². The first kappa shape index (κ1) is 18.0. The molecule has 0 aromatic heterocycles. The van der Waals surface area contributed by atoms with Crippen molar-refractivity contribution in [1.82, 2.24) is 5.32 Å². The molecule has 6 heteroatoms. The first-order valence-corrected chi connectivity index (χ1v) is 10.4. The number of hydrogen-bond acceptors (Lipinski definition) is 4. The fraction of sp³-hybridized carbons (Fsp3) is 0.846. The van der Waals surface area contributed by atoms with Crippen molar-refractivity contribution in [2.24, 2.45) is 5.92 Å². The molecule has 5 nitrogen and oxygen atoms in total. The molecule has 0 aromatic rings. The maximum atomic E-state index is 11.6. The third-order valence-electron chi connectivity index (χ3n) is 2.57. The number of esters is 1. The van der Waals surface area contributed by atoms with E-state index in [-0.39, 0.29) is 5.92 Å². The van der Waals surface area contributed by atoms with Crippen LogP contribution >= 0.6 is 0 Å². The van der Waals surface area contributed by atoms with Crippen LogP contribution in [-0.4, -0.2) is 39.9 Å². The number of amides is 1. The van der Waals surface area contributed by atoms with Gasteiger partial charge in [-0.3, -0.25) is 0 Å². The molecule has 0 rings (SSSR count). The van der Waals surface area contributed by atoms with Crippen LogP contribution in [0, 0.1) is 5.92 Å². The highest BCUT2D eigenvalue weighted by Crippen LogP contribution is 2.09. The van der Waals surface area contributed by atoms with Gasteiger partial charge in [0.1, 0.15) is 6.04 Å².